The van der Waals surface area contributed by atoms with Crippen molar-refractivity contribution in [1.82, 2.24) is 29.5 Å². The van der Waals surface area contributed by atoms with Gasteiger partial charge in [0.15, 0.2) is 23.6 Å². The van der Waals surface area contributed by atoms with E-state index in [9.17, 15) is 19.0 Å². The van der Waals surface area contributed by atoms with Crippen molar-refractivity contribution in [3.63, 3.8) is 0 Å². The van der Waals surface area contributed by atoms with Crippen LogP contribution in [-0.2, 0) is 48.5 Å². The molecule has 3 aromatic rings. The minimum Gasteiger partial charge on any atom is -0.364 e. The maximum Gasteiger partial charge on any atom is 0.472 e. The van der Waals surface area contributed by atoms with Gasteiger partial charge in [-0.05, 0) is 24.3 Å². The second-order valence-electron chi connectivity index (χ2n) is 12.1. The number of phosphoric ester groups is 1. The standard InChI is InChI=1S/C27H33F2N9O10P2S/c1-13(2)24(39)36-27-35-23-20(25(40)37-27)33-12-38(23)26-22-19(29)16(46-26)10-44-49(41,42)47-21-14(9-45-50(51,48-22)43-7-3-5-30)8-15(18(21)28)34-17-4-6-31-11-32-17/h4,6,11-16,18-19,21-22,26H,3,7-10H2,1-2H3,(H,41,42)(H,31,32,34)(H2,35,36,37,39,40)/t14-,15-,16-,18+,19-,21-,22-,26-,50+/m1/s1. The average Bonchev–Trinajstić information content (AvgIpc) is 3.73. The zero-order valence-corrected chi connectivity index (χ0v) is 29.5. The number of aromatic amines is 1. The van der Waals surface area contributed by atoms with Crippen molar-refractivity contribution in [2.75, 3.05) is 30.5 Å². The highest BCUT2D eigenvalue weighted by Crippen LogP contribution is 2.57. The van der Waals surface area contributed by atoms with E-state index in [2.05, 4.69) is 35.6 Å². The molecule has 24 heteroatoms. The lowest BCUT2D eigenvalue weighted by Crippen LogP contribution is -2.34. The Hall–Kier alpha value is -3.35. The molecule has 3 fully saturated rings. The predicted octanol–water partition coefficient (Wildman–Crippen LogP) is 2.65. The van der Waals surface area contributed by atoms with Crippen molar-refractivity contribution in [2.45, 2.75) is 69.6 Å². The maximum atomic E-state index is 16.3. The molecule has 3 aliphatic rings. The third-order valence-electron chi connectivity index (χ3n) is 8.19. The highest BCUT2D eigenvalue weighted by molar-refractivity contribution is 8.07. The molecule has 2 aliphatic heterocycles. The summed E-state index contributed by atoms with van der Waals surface area (Å²) in [5.41, 5.74) is -1.08. The number of hydrogen-bond donors (Lipinski definition) is 4. The van der Waals surface area contributed by atoms with Crippen LogP contribution in [0.15, 0.2) is 29.7 Å². The number of nitriles is 1. The molecule has 276 valence electrons. The Bertz CT molecular complexity index is 1940. The van der Waals surface area contributed by atoms with Crippen LogP contribution in [0, 0.1) is 23.2 Å². The summed E-state index contributed by atoms with van der Waals surface area (Å²) in [7, 11) is -5.07. The number of carbonyl (C=O) groups excluding carboxylic acids is 1. The number of anilines is 2. The minimum absolute atomic E-state index is 0.0101. The molecule has 1 unspecified atom stereocenters. The second-order valence-corrected chi connectivity index (χ2v) is 16.4. The quantitative estimate of drug-likeness (QED) is 0.190. The zero-order valence-electron chi connectivity index (χ0n) is 26.9. The highest BCUT2D eigenvalue weighted by Gasteiger charge is 2.53. The van der Waals surface area contributed by atoms with Crippen LogP contribution < -0.4 is 16.2 Å². The molecule has 51 heavy (non-hydrogen) atoms. The highest BCUT2D eigenvalue weighted by atomic mass is 32.5. The number of halogens is 2. The van der Waals surface area contributed by atoms with Crippen LogP contribution in [0.4, 0.5) is 20.5 Å². The first-order valence-corrected chi connectivity index (χ1v) is 19.7. The third kappa shape index (κ3) is 8.33. The normalized spacial score (nSPS) is 34.2. The number of rotatable bonds is 8. The summed E-state index contributed by atoms with van der Waals surface area (Å²) in [5, 5.41) is 14.5. The Balaban J connectivity index is 1.34. The number of alkyl halides is 2. The number of carbonyl (C=O) groups is 1. The SMILES string of the molecule is CC(C)C(=O)Nc1nc2c(ncn2[C@@H]2O[C@@H]3COP(=O)(O)O[C@@H]4[C@@H](CO[P@@](=S)(OCCC#N)O[C@@H]2[C@@H]3F)C[C@@H](Nc2ccncn2)[C@@H]4F)c(=O)[nH]1. The molecule has 1 amide bonds. The average molecular weight is 776 g/mol. The van der Waals surface area contributed by atoms with Crippen molar-refractivity contribution >= 4 is 55.2 Å². The summed E-state index contributed by atoms with van der Waals surface area (Å²) < 4.78 is 80.7. The number of amides is 1. The van der Waals surface area contributed by atoms with Gasteiger partial charge in [0.05, 0.1) is 44.7 Å². The topological polar surface area (TPSA) is 247 Å². The number of nitrogens with zero attached hydrogens (tertiary/aromatic N) is 6. The molecule has 19 nitrogen and oxygen atoms in total. The summed E-state index contributed by atoms with van der Waals surface area (Å²) in [5.74, 6) is -1.78. The van der Waals surface area contributed by atoms with E-state index in [4.69, 9.17) is 44.4 Å². The van der Waals surface area contributed by atoms with Crippen LogP contribution in [0.2, 0.25) is 0 Å². The molecule has 0 aromatic carbocycles. The Morgan fingerprint density at radius 3 is 2.78 bits per heavy atom. The van der Waals surface area contributed by atoms with Gasteiger partial charge in [-0.25, -0.2) is 28.3 Å². The maximum absolute atomic E-state index is 16.3. The molecule has 3 aromatic heterocycles. The largest absolute Gasteiger partial charge is 0.472 e. The molecular weight excluding hydrogens is 742 g/mol. The van der Waals surface area contributed by atoms with Gasteiger partial charge in [0.25, 0.3) is 5.56 Å². The summed E-state index contributed by atoms with van der Waals surface area (Å²) in [6.45, 7) is -2.37. The van der Waals surface area contributed by atoms with E-state index in [0.29, 0.717) is 0 Å². The van der Waals surface area contributed by atoms with Crippen LogP contribution in [0.5, 0.6) is 0 Å². The fourth-order valence-corrected chi connectivity index (χ4v) is 8.78. The van der Waals surface area contributed by atoms with Crippen molar-refractivity contribution in [1.29, 1.82) is 5.26 Å². The molecule has 0 radical (unpaired) electrons. The first-order valence-electron chi connectivity index (χ1n) is 15.6. The molecule has 1 aliphatic carbocycles. The van der Waals surface area contributed by atoms with Gasteiger partial charge in [-0.15, -0.1) is 0 Å². The molecule has 6 rings (SSSR count). The Morgan fingerprint density at radius 1 is 1.25 bits per heavy atom. The number of nitrogens with one attached hydrogen (secondary N) is 3. The zero-order chi connectivity index (χ0) is 36.5. The number of H-pyrrole nitrogens is 1. The van der Waals surface area contributed by atoms with Crippen LogP contribution in [0.1, 0.15) is 32.9 Å². The van der Waals surface area contributed by atoms with Crippen molar-refractivity contribution in [3.8, 4) is 6.07 Å². The van der Waals surface area contributed by atoms with Gasteiger partial charge in [-0.1, -0.05) is 13.8 Å². The van der Waals surface area contributed by atoms with Crippen LogP contribution in [0.25, 0.3) is 11.2 Å². The van der Waals surface area contributed by atoms with E-state index in [1.165, 1.54) is 18.6 Å². The Morgan fingerprint density at radius 2 is 2.06 bits per heavy atom. The van der Waals surface area contributed by atoms with E-state index >= 15 is 8.78 Å². The van der Waals surface area contributed by atoms with E-state index in [0.717, 1.165) is 10.9 Å². The first-order chi connectivity index (χ1) is 24.3. The van der Waals surface area contributed by atoms with Gasteiger partial charge in [0, 0.05) is 18.0 Å². The lowest BCUT2D eigenvalue weighted by Gasteiger charge is -2.30. The Labute approximate surface area is 293 Å². The van der Waals surface area contributed by atoms with Gasteiger partial charge in [0.2, 0.25) is 11.9 Å². The molecule has 1 saturated carbocycles. The smallest absolute Gasteiger partial charge is 0.364 e. The van der Waals surface area contributed by atoms with Gasteiger partial charge < -0.3 is 24.0 Å². The number of hydrogen-bond acceptors (Lipinski definition) is 16. The molecule has 2 bridgehead atoms. The fraction of sp³-hybridized carbons (Fsp3) is 0.593. The summed E-state index contributed by atoms with van der Waals surface area (Å²) in [6, 6.07) is 2.43. The molecule has 0 spiro atoms. The van der Waals surface area contributed by atoms with Crippen molar-refractivity contribution in [3.05, 3.63) is 35.3 Å². The van der Waals surface area contributed by atoms with Crippen LogP contribution in [0.3, 0.4) is 0 Å². The number of ether oxygens (including phenoxy) is 1. The van der Waals surface area contributed by atoms with Crippen LogP contribution >= 0.6 is 14.5 Å². The fourth-order valence-electron chi connectivity index (χ4n) is 5.68. The minimum atomic E-state index is -5.07. The van der Waals surface area contributed by atoms with Crippen molar-refractivity contribution in [2.24, 2.45) is 11.8 Å². The lowest BCUT2D eigenvalue weighted by molar-refractivity contribution is -0.118. The summed E-state index contributed by atoms with van der Waals surface area (Å²) in [4.78, 5) is 54.5. The number of aromatic nitrogens is 6. The Kier molecular flexibility index (Phi) is 11.2. The first kappa shape index (κ1) is 37.4. The van der Waals surface area contributed by atoms with Gasteiger partial charge in [0.1, 0.15) is 36.6 Å². The molecule has 4 N–H and O–H groups in total. The van der Waals surface area contributed by atoms with Gasteiger partial charge >= 0.3 is 14.5 Å². The van der Waals surface area contributed by atoms with E-state index in [1.807, 2.05) is 6.07 Å². The van der Waals surface area contributed by atoms with E-state index in [1.54, 1.807) is 13.8 Å². The molecular formula is C27H33F2N9O10P2S. The molecule has 10 atom stereocenters. The second kappa shape index (κ2) is 15.3. The molecule has 2 saturated heterocycles. The number of fused-ring (bicyclic) bond motifs is 4. The third-order valence-corrected chi connectivity index (χ3v) is 11.5. The van der Waals surface area contributed by atoms with E-state index < -0.39 is 94.0 Å². The lowest BCUT2D eigenvalue weighted by atomic mass is 10.1. The van der Waals surface area contributed by atoms with Gasteiger partial charge in [-0.2, -0.15) is 10.2 Å². The van der Waals surface area contributed by atoms with E-state index in [-0.39, 0.29) is 42.4 Å². The van der Waals surface area contributed by atoms with Crippen LogP contribution in [-0.4, -0.2) is 96.8 Å². The summed E-state index contributed by atoms with van der Waals surface area (Å²) >= 11 is 5.67. The number of imidazole rings is 1. The van der Waals surface area contributed by atoms with Crippen molar-refractivity contribution < 1.29 is 50.4 Å². The monoisotopic (exact) mass is 775 g/mol. The van der Waals surface area contributed by atoms with Gasteiger partial charge in [-0.3, -0.25) is 38.0 Å². The summed E-state index contributed by atoms with van der Waals surface area (Å²) in [6.07, 6.45) is -6.76. The molecule has 5 heterocycles. The number of phosphoric acid groups is 1. The predicted molar refractivity (Wildman–Crippen MR) is 175 cm³/mol.